The highest BCUT2D eigenvalue weighted by Crippen LogP contribution is 2.36. The highest BCUT2D eigenvalue weighted by atomic mass is 14.2. The summed E-state index contributed by atoms with van der Waals surface area (Å²) in [6.45, 7) is 0. The molecule has 0 radical (unpaired) electrons. The molecule has 0 nitrogen and oxygen atoms in total. The summed E-state index contributed by atoms with van der Waals surface area (Å²) in [6, 6.07) is 34.1. The fraction of sp³-hybridized carbons (Fsp3) is 0.133. The van der Waals surface area contributed by atoms with E-state index in [-0.39, 0.29) is 0 Å². The molecule has 6 rings (SSSR count). The van der Waals surface area contributed by atoms with E-state index in [1.807, 2.05) is 0 Å². The van der Waals surface area contributed by atoms with Gasteiger partial charge in [-0.05, 0) is 92.7 Å². The van der Waals surface area contributed by atoms with Crippen molar-refractivity contribution in [1.82, 2.24) is 0 Å². The normalized spacial score (nSPS) is 13.4. The molecule has 0 amide bonds. The molecular formula is C30H25B. The summed E-state index contributed by atoms with van der Waals surface area (Å²) in [6.07, 6.45) is 5.10. The fourth-order valence-corrected chi connectivity index (χ4v) is 5.31. The Kier molecular flexibility index (Phi) is 4.42. The molecule has 0 aromatic heterocycles. The van der Waals surface area contributed by atoms with Crippen LogP contribution in [0.1, 0.15) is 24.0 Å². The molecular weight excluding hydrogens is 371 g/mol. The van der Waals surface area contributed by atoms with Gasteiger partial charge in [-0.3, -0.25) is 0 Å². The monoisotopic (exact) mass is 396 g/mol. The van der Waals surface area contributed by atoms with Crippen LogP contribution in [0.15, 0.2) is 91.0 Å². The minimum absolute atomic E-state index is 1.22. The predicted octanol–water partition coefficient (Wildman–Crippen LogP) is 6.46. The van der Waals surface area contributed by atoms with Crippen LogP contribution in [0.3, 0.4) is 0 Å². The Bertz CT molecular complexity index is 1440. The van der Waals surface area contributed by atoms with E-state index in [1.54, 1.807) is 11.1 Å². The lowest BCUT2D eigenvalue weighted by molar-refractivity contribution is 0.686. The number of benzene rings is 5. The Labute approximate surface area is 185 Å². The van der Waals surface area contributed by atoms with Gasteiger partial charge in [-0.15, -0.1) is 0 Å². The van der Waals surface area contributed by atoms with Gasteiger partial charge in [0.1, 0.15) is 7.85 Å². The Hall–Kier alpha value is -3.32. The summed E-state index contributed by atoms with van der Waals surface area (Å²) < 4.78 is 0. The van der Waals surface area contributed by atoms with E-state index >= 15 is 0 Å². The number of rotatable bonds is 2. The summed E-state index contributed by atoms with van der Waals surface area (Å²) in [5.74, 6) is 0. The first-order valence-corrected chi connectivity index (χ1v) is 11.4. The molecule has 0 atom stereocenters. The quantitative estimate of drug-likeness (QED) is 0.237. The van der Waals surface area contributed by atoms with Gasteiger partial charge in [0.15, 0.2) is 0 Å². The van der Waals surface area contributed by atoms with Gasteiger partial charge in [0.05, 0.1) is 0 Å². The number of fused-ring (bicyclic) bond motifs is 4. The van der Waals surface area contributed by atoms with Crippen molar-refractivity contribution in [2.75, 3.05) is 0 Å². The highest BCUT2D eigenvalue weighted by Gasteiger charge is 2.13. The molecule has 0 aliphatic heterocycles. The lowest BCUT2D eigenvalue weighted by atomic mass is 9.84. The van der Waals surface area contributed by atoms with Gasteiger partial charge in [-0.2, -0.15) is 0 Å². The van der Waals surface area contributed by atoms with Gasteiger partial charge in [0.2, 0.25) is 0 Å². The van der Waals surface area contributed by atoms with Crippen LogP contribution in [0, 0.1) is 0 Å². The molecule has 0 spiro atoms. The van der Waals surface area contributed by atoms with Crippen molar-refractivity contribution in [3.05, 3.63) is 102 Å². The third kappa shape index (κ3) is 3.25. The molecule has 0 fully saturated rings. The zero-order chi connectivity index (χ0) is 20.8. The number of aryl methyl sites for hydroxylation is 2. The lowest BCUT2D eigenvalue weighted by Gasteiger charge is -2.17. The molecule has 1 heteroatoms. The van der Waals surface area contributed by atoms with Crippen LogP contribution in [0.5, 0.6) is 0 Å². The minimum Gasteiger partial charge on any atom is -0.0877 e. The first-order valence-electron chi connectivity index (χ1n) is 11.4. The molecule has 31 heavy (non-hydrogen) atoms. The Morgan fingerprint density at radius 1 is 0.516 bits per heavy atom. The van der Waals surface area contributed by atoms with Crippen LogP contribution in [0.25, 0.3) is 43.8 Å². The molecule has 0 saturated heterocycles. The number of hydrogen-bond donors (Lipinski definition) is 0. The van der Waals surface area contributed by atoms with E-state index in [2.05, 4.69) is 98.8 Å². The van der Waals surface area contributed by atoms with E-state index < -0.39 is 0 Å². The van der Waals surface area contributed by atoms with Gasteiger partial charge >= 0.3 is 0 Å². The first-order chi connectivity index (χ1) is 15.3. The van der Waals surface area contributed by atoms with Crippen molar-refractivity contribution in [2.45, 2.75) is 25.7 Å². The maximum Gasteiger partial charge on any atom is 0.139 e. The maximum atomic E-state index is 2.44. The van der Waals surface area contributed by atoms with Crippen LogP contribution in [-0.4, -0.2) is 7.85 Å². The Morgan fingerprint density at radius 2 is 1.23 bits per heavy atom. The summed E-state index contributed by atoms with van der Waals surface area (Å²) in [5, 5.41) is 5.27. The maximum absolute atomic E-state index is 2.44. The van der Waals surface area contributed by atoms with Crippen LogP contribution in [-0.2, 0) is 12.8 Å². The van der Waals surface area contributed by atoms with Gasteiger partial charge in [0.25, 0.3) is 0 Å². The van der Waals surface area contributed by atoms with Crippen molar-refractivity contribution in [1.29, 1.82) is 0 Å². The van der Waals surface area contributed by atoms with Crippen LogP contribution >= 0.6 is 0 Å². The lowest BCUT2D eigenvalue weighted by Crippen LogP contribution is -2.05. The Balaban J connectivity index is 1.56. The molecule has 0 N–H and O–H groups in total. The predicted molar refractivity (Wildman–Crippen MR) is 137 cm³/mol. The topological polar surface area (TPSA) is 0 Å². The van der Waals surface area contributed by atoms with Crippen molar-refractivity contribution < 1.29 is 0 Å². The van der Waals surface area contributed by atoms with Gasteiger partial charge in [-0.25, -0.2) is 0 Å². The zero-order valence-corrected chi connectivity index (χ0v) is 18.0. The van der Waals surface area contributed by atoms with E-state index in [0.29, 0.717) is 0 Å². The van der Waals surface area contributed by atoms with E-state index in [4.69, 9.17) is 0 Å². The van der Waals surface area contributed by atoms with Crippen LogP contribution in [0.2, 0.25) is 0 Å². The SMILES string of the molecule is Bc1cc(-c2ccc3c(c2)CCCC3)cc(-c2cc3ccccc3c3ccccc23)c1. The first kappa shape index (κ1) is 18.5. The summed E-state index contributed by atoms with van der Waals surface area (Å²) >= 11 is 0. The molecule has 1 aliphatic rings. The second-order valence-electron chi connectivity index (χ2n) is 8.97. The average Bonchev–Trinajstić information content (AvgIpc) is 2.83. The fourth-order valence-electron chi connectivity index (χ4n) is 5.31. The molecule has 148 valence electrons. The Morgan fingerprint density at radius 3 is 2.10 bits per heavy atom. The molecule has 0 unspecified atom stereocenters. The summed E-state index contributed by atoms with van der Waals surface area (Å²) in [4.78, 5) is 0. The third-order valence-electron chi connectivity index (χ3n) is 6.84. The molecule has 5 aromatic rings. The van der Waals surface area contributed by atoms with Gasteiger partial charge in [0, 0.05) is 0 Å². The van der Waals surface area contributed by atoms with Crippen molar-refractivity contribution in [2.24, 2.45) is 0 Å². The van der Waals surface area contributed by atoms with Crippen LogP contribution in [0.4, 0.5) is 0 Å². The second-order valence-corrected chi connectivity index (χ2v) is 8.97. The minimum atomic E-state index is 1.22. The van der Waals surface area contributed by atoms with Crippen molar-refractivity contribution in [3.63, 3.8) is 0 Å². The zero-order valence-electron chi connectivity index (χ0n) is 18.0. The summed E-state index contributed by atoms with van der Waals surface area (Å²) in [5.41, 5.74) is 9.68. The average molecular weight is 396 g/mol. The molecule has 0 heterocycles. The standard InChI is InChI=1S/C30H25B/c31-26-17-24(22-14-13-20-7-1-2-8-21(20)15-22)16-25(18-26)30-19-23-9-3-4-10-27(23)28-11-5-6-12-29(28)30/h3-6,9-19H,1-2,7-8,31H2. The van der Waals surface area contributed by atoms with Crippen molar-refractivity contribution >= 4 is 34.9 Å². The third-order valence-corrected chi connectivity index (χ3v) is 6.84. The summed E-state index contributed by atoms with van der Waals surface area (Å²) in [7, 11) is 2.22. The van der Waals surface area contributed by atoms with Crippen molar-refractivity contribution in [3.8, 4) is 22.3 Å². The van der Waals surface area contributed by atoms with E-state index in [1.165, 1.54) is 74.9 Å². The van der Waals surface area contributed by atoms with Crippen LogP contribution < -0.4 is 5.46 Å². The molecule has 0 saturated carbocycles. The second kappa shape index (κ2) is 7.43. The van der Waals surface area contributed by atoms with Gasteiger partial charge < -0.3 is 0 Å². The molecule has 5 aromatic carbocycles. The smallest absolute Gasteiger partial charge is 0.0877 e. The van der Waals surface area contributed by atoms with E-state index in [9.17, 15) is 0 Å². The highest BCUT2D eigenvalue weighted by molar-refractivity contribution is 6.33. The largest absolute Gasteiger partial charge is 0.139 e. The number of hydrogen-bond acceptors (Lipinski definition) is 0. The molecule has 0 bridgehead atoms. The van der Waals surface area contributed by atoms with Gasteiger partial charge in [-0.1, -0.05) is 84.3 Å². The molecule has 1 aliphatic carbocycles. The van der Waals surface area contributed by atoms with E-state index in [0.717, 1.165) is 0 Å².